The Bertz CT molecular complexity index is 489. The molecule has 1 aliphatic rings. The second kappa shape index (κ2) is 6.30. The fourth-order valence-electron chi connectivity index (χ4n) is 2.62. The third-order valence-electron chi connectivity index (χ3n) is 3.86. The minimum Gasteiger partial charge on any atom is -0.342 e. The van der Waals surface area contributed by atoms with Gasteiger partial charge in [0.25, 0.3) is 0 Å². The van der Waals surface area contributed by atoms with E-state index in [1.165, 1.54) is 0 Å². The highest BCUT2D eigenvalue weighted by Crippen LogP contribution is 2.24. The molecule has 116 valence electrons. The number of piperidine rings is 1. The summed E-state index contributed by atoms with van der Waals surface area (Å²) in [6.45, 7) is 7.67. The zero-order valence-corrected chi connectivity index (χ0v) is 14.7. The number of halogens is 1. The number of rotatable bonds is 2. The number of nitrogens with zero attached hydrogens (tertiary/aromatic N) is 4. The lowest BCUT2D eigenvalue weighted by Gasteiger charge is -2.38. The molecule has 0 radical (unpaired) electrons. The number of carbonyl (C=O) groups excluding carboxylic acids is 1. The van der Waals surface area contributed by atoms with Gasteiger partial charge in [0, 0.05) is 44.0 Å². The molecule has 21 heavy (non-hydrogen) atoms. The van der Waals surface area contributed by atoms with E-state index >= 15 is 0 Å². The fourth-order valence-corrected chi connectivity index (χ4v) is 2.82. The molecule has 0 aromatic carbocycles. The predicted molar refractivity (Wildman–Crippen MR) is 87.2 cm³/mol. The third-order valence-corrected chi connectivity index (χ3v) is 4.27. The van der Waals surface area contributed by atoms with E-state index in [0.717, 1.165) is 36.4 Å². The molecule has 1 aliphatic heterocycles. The molecule has 0 bridgehead atoms. The van der Waals surface area contributed by atoms with Gasteiger partial charge in [-0.25, -0.2) is 9.97 Å². The molecule has 5 nitrogen and oxygen atoms in total. The zero-order chi connectivity index (χ0) is 15.6. The van der Waals surface area contributed by atoms with Crippen LogP contribution in [0.5, 0.6) is 0 Å². The van der Waals surface area contributed by atoms with E-state index in [0.29, 0.717) is 6.04 Å². The molecule has 1 fully saturated rings. The molecule has 0 saturated carbocycles. The Kier molecular flexibility index (Phi) is 4.86. The molecule has 2 rings (SSSR count). The maximum absolute atomic E-state index is 12.3. The first-order valence-electron chi connectivity index (χ1n) is 7.29. The van der Waals surface area contributed by atoms with Crippen LogP contribution in [0.4, 0.5) is 5.95 Å². The van der Waals surface area contributed by atoms with E-state index < -0.39 is 0 Å². The fraction of sp³-hybridized carbons (Fsp3) is 0.667. The van der Waals surface area contributed by atoms with Crippen molar-refractivity contribution in [3.8, 4) is 0 Å². The number of hydrogen-bond acceptors (Lipinski definition) is 4. The van der Waals surface area contributed by atoms with Gasteiger partial charge in [-0.1, -0.05) is 20.8 Å². The average Bonchev–Trinajstić information content (AvgIpc) is 2.46. The van der Waals surface area contributed by atoms with Gasteiger partial charge in [0.05, 0.1) is 4.47 Å². The maximum Gasteiger partial charge on any atom is 0.227 e. The molecular formula is C15H23BrN4O. The second-order valence-corrected chi connectivity index (χ2v) is 7.50. The monoisotopic (exact) mass is 354 g/mol. The van der Waals surface area contributed by atoms with Crippen molar-refractivity contribution in [1.29, 1.82) is 0 Å². The first-order chi connectivity index (χ1) is 9.79. The topological polar surface area (TPSA) is 49.3 Å². The number of carbonyl (C=O) groups is 1. The van der Waals surface area contributed by atoms with Gasteiger partial charge in [0.15, 0.2) is 0 Å². The summed E-state index contributed by atoms with van der Waals surface area (Å²) in [6.07, 6.45) is 5.45. The molecule has 0 atom stereocenters. The smallest absolute Gasteiger partial charge is 0.227 e. The quantitative estimate of drug-likeness (QED) is 0.819. The summed E-state index contributed by atoms with van der Waals surface area (Å²) in [6, 6.07) is 0.309. The summed E-state index contributed by atoms with van der Waals surface area (Å²) >= 11 is 3.34. The first-order valence-corrected chi connectivity index (χ1v) is 8.08. The first kappa shape index (κ1) is 16.2. The van der Waals surface area contributed by atoms with Crippen LogP contribution in [0.15, 0.2) is 16.9 Å². The molecule has 0 spiro atoms. The van der Waals surface area contributed by atoms with Crippen molar-refractivity contribution in [3.05, 3.63) is 16.9 Å². The Morgan fingerprint density at radius 3 is 2.29 bits per heavy atom. The standard InChI is InChI=1S/C15H23BrN4O/c1-15(2,3)13(21)19(4)12-5-7-20(8-6-12)14-17-9-11(16)10-18-14/h9-10,12H,5-8H2,1-4H3. The molecule has 1 saturated heterocycles. The van der Waals surface area contributed by atoms with Gasteiger partial charge in [-0.2, -0.15) is 0 Å². The van der Waals surface area contributed by atoms with Gasteiger partial charge < -0.3 is 9.80 Å². The highest BCUT2D eigenvalue weighted by atomic mass is 79.9. The lowest BCUT2D eigenvalue weighted by molar-refractivity contribution is -0.140. The van der Waals surface area contributed by atoms with Gasteiger partial charge >= 0.3 is 0 Å². The Labute approximate surface area is 134 Å². The Morgan fingerprint density at radius 2 is 1.81 bits per heavy atom. The van der Waals surface area contributed by atoms with E-state index in [9.17, 15) is 4.79 Å². The molecule has 0 aliphatic carbocycles. The van der Waals surface area contributed by atoms with Crippen molar-refractivity contribution in [3.63, 3.8) is 0 Å². The van der Waals surface area contributed by atoms with Crippen molar-refractivity contribution < 1.29 is 4.79 Å². The maximum atomic E-state index is 12.3. The van der Waals surface area contributed by atoms with Crippen LogP contribution < -0.4 is 4.90 Å². The molecule has 6 heteroatoms. The molecule has 1 aromatic rings. The van der Waals surface area contributed by atoms with Crippen LogP contribution >= 0.6 is 15.9 Å². The summed E-state index contributed by atoms with van der Waals surface area (Å²) < 4.78 is 0.886. The molecule has 1 amide bonds. The van der Waals surface area contributed by atoms with Crippen molar-refractivity contribution >= 4 is 27.8 Å². The Balaban J connectivity index is 1.94. The Morgan fingerprint density at radius 1 is 1.29 bits per heavy atom. The zero-order valence-electron chi connectivity index (χ0n) is 13.1. The van der Waals surface area contributed by atoms with E-state index in [-0.39, 0.29) is 11.3 Å². The number of anilines is 1. The SMILES string of the molecule is CN(C(=O)C(C)(C)C)C1CCN(c2ncc(Br)cn2)CC1. The lowest BCUT2D eigenvalue weighted by atomic mass is 9.93. The van der Waals surface area contributed by atoms with E-state index in [4.69, 9.17) is 0 Å². The van der Waals surface area contributed by atoms with Gasteiger partial charge in [-0.15, -0.1) is 0 Å². The van der Waals surface area contributed by atoms with Crippen LogP contribution in [0.2, 0.25) is 0 Å². The second-order valence-electron chi connectivity index (χ2n) is 6.59. The molecule has 0 unspecified atom stereocenters. The number of amides is 1. The Hall–Kier alpha value is -1.17. The normalized spacial score (nSPS) is 16.9. The van der Waals surface area contributed by atoms with E-state index in [1.54, 1.807) is 12.4 Å². The van der Waals surface area contributed by atoms with Gasteiger partial charge in [0.2, 0.25) is 11.9 Å². The summed E-state index contributed by atoms with van der Waals surface area (Å²) in [7, 11) is 1.92. The molecule has 0 N–H and O–H groups in total. The van der Waals surface area contributed by atoms with Crippen LogP contribution in [0.1, 0.15) is 33.6 Å². The average molecular weight is 355 g/mol. The van der Waals surface area contributed by atoms with E-state index in [1.807, 2.05) is 32.7 Å². The molecule has 2 heterocycles. The highest BCUT2D eigenvalue weighted by molar-refractivity contribution is 9.10. The van der Waals surface area contributed by atoms with Crippen LogP contribution in [0.3, 0.4) is 0 Å². The lowest BCUT2D eigenvalue weighted by Crippen LogP contribution is -2.49. The summed E-state index contributed by atoms with van der Waals surface area (Å²) in [4.78, 5) is 25.1. The summed E-state index contributed by atoms with van der Waals surface area (Å²) in [5, 5.41) is 0. The summed E-state index contributed by atoms with van der Waals surface area (Å²) in [5.74, 6) is 0.974. The van der Waals surface area contributed by atoms with Crippen molar-refractivity contribution in [1.82, 2.24) is 14.9 Å². The van der Waals surface area contributed by atoms with Crippen molar-refractivity contribution in [2.75, 3.05) is 25.0 Å². The summed E-state index contributed by atoms with van der Waals surface area (Å²) in [5.41, 5.74) is -0.319. The van der Waals surface area contributed by atoms with Crippen molar-refractivity contribution in [2.24, 2.45) is 5.41 Å². The predicted octanol–water partition coefficient (Wildman–Crippen LogP) is 2.71. The van der Waals surface area contributed by atoms with Crippen LogP contribution in [0, 0.1) is 5.41 Å². The van der Waals surface area contributed by atoms with Crippen LogP contribution in [-0.2, 0) is 4.79 Å². The minimum atomic E-state index is -0.319. The third kappa shape index (κ3) is 3.93. The van der Waals surface area contributed by atoms with Gasteiger partial charge in [0.1, 0.15) is 0 Å². The number of aromatic nitrogens is 2. The molecular weight excluding hydrogens is 332 g/mol. The number of hydrogen-bond donors (Lipinski definition) is 0. The highest BCUT2D eigenvalue weighted by Gasteiger charge is 2.31. The van der Waals surface area contributed by atoms with Crippen LogP contribution in [-0.4, -0.2) is 47.0 Å². The molecule has 1 aromatic heterocycles. The van der Waals surface area contributed by atoms with Crippen molar-refractivity contribution in [2.45, 2.75) is 39.7 Å². The minimum absolute atomic E-state index is 0.209. The van der Waals surface area contributed by atoms with Gasteiger partial charge in [-0.05, 0) is 28.8 Å². The van der Waals surface area contributed by atoms with Crippen LogP contribution in [0.25, 0.3) is 0 Å². The largest absolute Gasteiger partial charge is 0.342 e. The van der Waals surface area contributed by atoms with Gasteiger partial charge in [-0.3, -0.25) is 4.79 Å². The van der Waals surface area contributed by atoms with E-state index in [2.05, 4.69) is 30.8 Å².